The van der Waals surface area contributed by atoms with Gasteiger partial charge in [0.15, 0.2) is 0 Å². The lowest BCUT2D eigenvalue weighted by molar-refractivity contribution is 0.0654. The molecule has 0 unspecified atom stereocenters. The van der Waals surface area contributed by atoms with Gasteiger partial charge in [0.1, 0.15) is 5.82 Å². The van der Waals surface area contributed by atoms with Crippen LogP contribution in [0.5, 0.6) is 0 Å². The molecule has 1 saturated carbocycles. The summed E-state index contributed by atoms with van der Waals surface area (Å²) in [5.41, 5.74) is 1.60. The highest BCUT2D eigenvalue weighted by Crippen LogP contribution is 2.27. The van der Waals surface area contributed by atoms with Crippen molar-refractivity contribution in [3.8, 4) is 0 Å². The SMILES string of the molecule is CCNc1cc(C(=O)N(C)C2CCC2)c2ccccc2n1. The minimum atomic E-state index is 0.0949. The third-order valence-corrected chi connectivity index (χ3v) is 4.25. The van der Waals surface area contributed by atoms with Crippen LogP contribution in [-0.2, 0) is 0 Å². The van der Waals surface area contributed by atoms with Gasteiger partial charge >= 0.3 is 0 Å². The number of anilines is 1. The van der Waals surface area contributed by atoms with E-state index < -0.39 is 0 Å². The Morgan fingerprint density at radius 2 is 2.14 bits per heavy atom. The predicted octanol–water partition coefficient (Wildman–Crippen LogP) is 3.29. The van der Waals surface area contributed by atoms with E-state index in [0.717, 1.165) is 41.7 Å². The molecule has 1 fully saturated rings. The van der Waals surface area contributed by atoms with E-state index in [1.807, 2.05) is 49.2 Å². The van der Waals surface area contributed by atoms with Crippen LogP contribution in [0.1, 0.15) is 36.5 Å². The second-order valence-electron chi connectivity index (χ2n) is 5.60. The van der Waals surface area contributed by atoms with E-state index in [2.05, 4.69) is 10.3 Å². The summed E-state index contributed by atoms with van der Waals surface area (Å²) >= 11 is 0. The summed E-state index contributed by atoms with van der Waals surface area (Å²) in [4.78, 5) is 19.3. The normalized spacial score (nSPS) is 14.8. The molecule has 0 saturated heterocycles. The third-order valence-electron chi connectivity index (χ3n) is 4.25. The van der Waals surface area contributed by atoms with Crippen molar-refractivity contribution in [3.05, 3.63) is 35.9 Å². The molecule has 0 radical (unpaired) electrons. The maximum absolute atomic E-state index is 12.8. The van der Waals surface area contributed by atoms with Crippen molar-refractivity contribution in [1.29, 1.82) is 0 Å². The Balaban J connectivity index is 2.04. The minimum absolute atomic E-state index is 0.0949. The fraction of sp³-hybridized carbons (Fsp3) is 0.412. The second kappa shape index (κ2) is 5.72. The Bertz CT molecular complexity index is 664. The van der Waals surface area contributed by atoms with Crippen LogP contribution in [0.2, 0.25) is 0 Å². The number of hydrogen-bond donors (Lipinski definition) is 1. The Kier molecular flexibility index (Phi) is 3.78. The first-order chi connectivity index (χ1) is 10.2. The molecule has 1 N–H and O–H groups in total. The predicted molar refractivity (Wildman–Crippen MR) is 85.6 cm³/mol. The van der Waals surface area contributed by atoms with Gasteiger partial charge in [-0.2, -0.15) is 0 Å². The first-order valence-electron chi connectivity index (χ1n) is 7.61. The molecule has 0 spiro atoms. The zero-order valence-electron chi connectivity index (χ0n) is 12.6. The Labute approximate surface area is 125 Å². The highest BCUT2D eigenvalue weighted by Gasteiger charge is 2.27. The minimum Gasteiger partial charge on any atom is -0.370 e. The molecule has 110 valence electrons. The molecule has 4 nitrogen and oxygen atoms in total. The number of hydrogen-bond acceptors (Lipinski definition) is 3. The number of carbonyl (C=O) groups excluding carboxylic acids is 1. The number of fused-ring (bicyclic) bond motifs is 1. The van der Waals surface area contributed by atoms with Gasteiger partial charge in [0.25, 0.3) is 5.91 Å². The number of carbonyl (C=O) groups is 1. The highest BCUT2D eigenvalue weighted by molar-refractivity contribution is 6.07. The number of rotatable bonds is 4. The summed E-state index contributed by atoms with van der Waals surface area (Å²) in [7, 11) is 1.91. The van der Waals surface area contributed by atoms with Gasteiger partial charge in [-0.25, -0.2) is 4.98 Å². The number of pyridine rings is 1. The number of nitrogens with zero attached hydrogens (tertiary/aromatic N) is 2. The second-order valence-corrected chi connectivity index (χ2v) is 5.60. The van der Waals surface area contributed by atoms with Gasteiger partial charge in [-0.1, -0.05) is 18.2 Å². The Hall–Kier alpha value is -2.10. The van der Waals surface area contributed by atoms with Gasteiger partial charge in [-0.15, -0.1) is 0 Å². The fourth-order valence-corrected chi connectivity index (χ4v) is 2.75. The molecule has 1 aromatic heterocycles. The lowest BCUT2D eigenvalue weighted by Crippen LogP contribution is -2.41. The van der Waals surface area contributed by atoms with E-state index >= 15 is 0 Å². The zero-order valence-corrected chi connectivity index (χ0v) is 12.6. The van der Waals surface area contributed by atoms with Gasteiger partial charge in [0, 0.05) is 25.0 Å². The van der Waals surface area contributed by atoms with E-state index in [4.69, 9.17) is 0 Å². The van der Waals surface area contributed by atoms with Crippen molar-refractivity contribution < 1.29 is 4.79 Å². The van der Waals surface area contributed by atoms with Gasteiger partial charge in [-0.3, -0.25) is 4.79 Å². The van der Waals surface area contributed by atoms with Gasteiger partial charge in [0.05, 0.1) is 11.1 Å². The monoisotopic (exact) mass is 283 g/mol. The highest BCUT2D eigenvalue weighted by atomic mass is 16.2. The van der Waals surface area contributed by atoms with Gasteiger partial charge < -0.3 is 10.2 Å². The number of nitrogens with one attached hydrogen (secondary N) is 1. The molecule has 1 aliphatic rings. The van der Waals surface area contributed by atoms with Crippen molar-refractivity contribution in [2.24, 2.45) is 0 Å². The summed E-state index contributed by atoms with van der Waals surface area (Å²) in [5, 5.41) is 4.14. The summed E-state index contributed by atoms with van der Waals surface area (Å²) in [6.07, 6.45) is 3.46. The average molecular weight is 283 g/mol. The number of aromatic nitrogens is 1. The van der Waals surface area contributed by atoms with Crippen LogP contribution in [0, 0.1) is 0 Å². The van der Waals surface area contributed by atoms with Crippen molar-refractivity contribution in [2.75, 3.05) is 18.9 Å². The number of benzene rings is 1. The molecule has 1 heterocycles. The smallest absolute Gasteiger partial charge is 0.254 e. The molecule has 1 aliphatic carbocycles. The molecule has 21 heavy (non-hydrogen) atoms. The molecule has 0 bridgehead atoms. The molecule has 4 heteroatoms. The van der Waals surface area contributed by atoms with Crippen LogP contribution < -0.4 is 5.32 Å². The molecule has 0 atom stereocenters. The van der Waals surface area contributed by atoms with E-state index in [1.54, 1.807) is 0 Å². The van der Waals surface area contributed by atoms with Crippen molar-refractivity contribution in [2.45, 2.75) is 32.2 Å². The van der Waals surface area contributed by atoms with Crippen molar-refractivity contribution >= 4 is 22.6 Å². The molecular weight excluding hydrogens is 262 g/mol. The van der Waals surface area contributed by atoms with E-state index in [9.17, 15) is 4.79 Å². The number of para-hydroxylation sites is 1. The largest absolute Gasteiger partial charge is 0.370 e. The zero-order chi connectivity index (χ0) is 14.8. The molecule has 0 aliphatic heterocycles. The molecule has 3 rings (SSSR count). The van der Waals surface area contributed by atoms with Crippen LogP contribution in [0.15, 0.2) is 30.3 Å². The first kappa shape index (κ1) is 13.9. The maximum Gasteiger partial charge on any atom is 0.254 e. The first-order valence-corrected chi connectivity index (χ1v) is 7.61. The molecule has 2 aromatic rings. The van der Waals surface area contributed by atoms with E-state index in [-0.39, 0.29) is 5.91 Å². The van der Waals surface area contributed by atoms with E-state index in [1.165, 1.54) is 6.42 Å². The van der Waals surface area contributed by atoms with Crippen LogP contribution in [0.3, 0.4) is 0 Å². The lowest BCUT2D eigenvalue weighted by atomic mass is 9.91. The number of amides is 1. The van der Waals surface area contributed by atoms with Crippen molar-refractivity contribution in [1.82, 2.24) is 9.88 Å². The van der Waals surface area contributed by atoms with Crippen LogP contribution in [-0.4, -0.2) is 35.4 Å². The molecule has 1 amide bonds. The summed E-state index contributed by atoms with van der Waals surface area (Å²) < 4.78 is 0. The third kappa shape index (κ3) is 2.58. The quantitative estimate of drug-likeness (QED) is 0.936. The van der Waals surface area contributed by atoms with Crippen molar-refractivity contribution in [3.63, 3.8) is 0 Å². The van der Waals surface area contributed by atoms with Gasteiger partial charge in [-0.05, 0) is 38.3 Å². The van der Waals surface area contributed by atoms with Crippen LogP contribution in [0.25, 0.3) is 10.9 Å². The summed E-state index contributed by atoms with van der Waals surface area (Å²) in [6, 6.07) is 10.1. The van der Waals surface area contributed by atoms with Gasteiger partial charge in [0.2, 0.25) is 0 Å². The molecule has 1 aromatic carbocycles. The van der Waals surface area contributed by atoms with Crippen LogP contribution in [0.4, 0.5) is 5.82 Å². The standard InChI is InChI=1S/C17H21N3O/c1-3-18-16-11-14(13-9-4-5-10-15(13)19-16)17(21)20(2)12-7-6-8-12/h4-5,9-12H,3,6-8H2,1-2H3,(H,18,19). The molecular formula is C17H21N3O. The lowest BCUT2D eigenvalue weighted by Gasteiger charge is -2.35. The summed E-state index contributed by atoms with van der Waals surface area (Å²) in [5.74, 6) is 0.860. The Morgan fingerprint density at radius 3 is 2.81 bits per heavy atom. The average Bonchev–Trinajstić information content (AvgIpc) is 2.44. The summed E-state index contributed by atoms with van der Waals surface area (Å²) in [6.45, 7) is 2.82. The topological polar surface area (TPSA) is 45.2 Å². The maximum atomic E-state index is 12.8. The Morgan fingerprint density at radius 1 is 1.38 bits per heavy atom. The van der Waals surface area contributed by atoms with E-state index in [0.29, 0.717) is 6.04 Å². The fourth-order valence-electron chi connectivity index (χ4n) is 2.75. The van der Waals surface area contributed by atoms with Crippen LogP contribution >= 0.6 is 0 Å².